The molecule has 41 heavy (non-hydrogen) atoms. The molecule has 0 saturated heterocycles. The topological polar surface area (TPSA) is 72.2 Å². The summed E-state index contributed by atoms with van der Waals surface area (Å²) < 4.78 is 0. The summed E-state index contributed by atoms with van der Waals surface area (Å²) in [7, 11) is 0. The largest absolute Gasteiger partial charge is 0.317 e. The summed E-state index contributed by atoms with van der Waals surface area (Å²) in [6.07, 6.45) is 19.3. The zero-order chi connectivity index (χ0) is 27.8. The van der Waals surface area contributed by atoms with Crippen LogP contribution in [0.2, 0.25) is 0 Å². The minimum Gasteiger partial charge on any atom is -0.317 e. The van der Waals surface area contributed by atoms with Crippen molar-refractivity contribution in [3.63, 3.8) is 0 Å². The molecule has 0 heterocycles. The fraction of sp³-hybridized carbons (Fsp3) is 0.824. The fourth-order valence-electron chi connectivity index (χ4n) is 6.31. The number of benzene rings is 1. The molecular weight excluding hydrogens is 528 g/mol. The molecule has 0 spiro atoms. The van der Waals surface area contributed by atoms with Gasteiger partial charge >= 0.3 is 0 Å². The van der Waals surface area contributed by atoms with Crippen molar-refractivity contribution in [3.05, 3.63) is 35.4 Å². The second-order valence-electron chi connectivity index (χ2n) is 12.5. The van der Waals surface area contributed by atoms with Crippen molar-refractivity contribution in [2.45, 2.75) is 103 Å². The van der Waals surface area contributed by atoms with Crippen LogP contribution in [0, 0.1) is 11.8 Å². The molecule has 1 aromatic rings. The lowest BCUT2D eigenvalue weighted by Gasteiger charge is -2.21. The van der Waals surface area contributed by atoms with E-state index < -0.39 is 0 Å². The average Bonchev–Trinajstić information content (AvgIpc) is 3.00. The van der Waals surface area contributed by atoms with E-state index in [0.29, 0.717) is 0 Å². The molecule has 6 nitrogen and oxygen atoms in total. The van der Waals surface area contributed by atoms with Crippen molar-refractivity contribution in [2.24, 2.45) is 11.8 Å². The van der Waals surface area contributed by atoms with Crippen LogP contribution in [0.3, 0.4) is 0 Å². The summed E-state index contributed by atoms with van der Waals surface area (Å²) in [6.45, 7) is 13.3. The third-order valence-corrected chi connectivity index (χ3v) is 8.79. The zero-order valence-corrected chi connectivity index (χ0v) is 27.1. The van der Waals surface area contributed by atoms with Crippen LogP contribution in [-0.2, 0) is 13.1 Å². The normalized spacial score (nSPS) is 16.6. The number of hydrogen-bond donors (Lipinski definition) is 6. The molecule has 0 bridgehead atoms. The Bertz CT molecular complexity index is 653. The highest BCUT2D eigenvalue weighted by Gasteiger charge is 2.13. The molecule has 2 aliphatic rings. The van der Waals surface area contributed by atoms with E-state index in [0.717, 1.165) is 77.3 Å². The van der Waals surface area contributed by atoms with Crippen molar-refractivity contribution in [2.75, 3.05) is 65.4 Å². The van der Waals surface area contributed by atoms with Gasteiger partial charge in [-0.1, -0.05) is 62.8 Å². The van der Waals surface area contributed by atoms with Gasteiger partial charge in [0.1, 0.15) is 0 Å². The highest BCUT2D eigenvalue weighted by molar-refractivity contribution is 5.85. The highest BCUT2D eigenvalue weighted by Crippen LogP contribution is 2.23. The molecule has 2 saturated carbocycles. The summed E-state index contributed by atoms with van der Waals surface area (Å²) in [5.74, 6) is 1.88. The summed E-state index contributed by atoms with van der Waals surface area (Å²) in [5.41, 5.74) is 2.77. The monoisotopic (exact) mass is 592 g/mol. The number of hydrogen-bond acceptors (Lipinski definition) is 6. The van der Waals surface area contributed by atoms with Gasteiger partial charge < -0.3 is 31.9 Å². The molecule has 238 valence electrons. The first kappa shape index (κ1) is 36.5. The van der Waals surface area contributed by atoms with Crippen LogP contribution in [0.5, 0.6) is 0 Å². The number of halogens is 1. The molecule has 0 aromatic heterocycles. The second-order valence-corrected chi connectivity index (χ2v) is 12.5. The van der Waals surface area contributed by atoms with Gasteiger partial charge in [-0.2, -0.15) is 0 Å². The Hall–Kier alpha value is -0.730. The highest BCUT2D eigenvalue weighted by atomic mass is 35.5. The van der Waals surface area contributed by atoms with Crippen LogP contribution in [0.15, 0.2) is 24.3 Å². The molecule has 7 heteroatoms. The van der Waals surface area contributed by atoms with Crippen molar-refractivity contribution < 1.29 is 0 Å². The average molecular weight is 593 g/mol. The Morgan fingerprint density at radius 1 is 0.463 bits per heavy atom. The van der Waals surface area contributed by atoms with E-state index in [4.69, 9.17) is 0 Å². The van der Waals surface area contributed by atoms with Gasteiger partial charge in [0.15, 0.2) is 0 Å². The molecule has 6 N–H and O–H groups in total. The summed E-state index contributed by atoms with van der Waals surface area (Å²) in [5, 5.41) is 21.8. The standard InChI is InChI=1S/C34H64N6.ClH/c1-3-12-31(13-4-1)27-37-22-8-18-35-20-10-24-39-29-33-16-7-17-34(26-33)30-40-25-11-21-36-19-9-23-38-28-32-14-5-2-6-15-32;/h7,16-17,26,31-32,35-40H,1-6,8-15,18-25,27-30H2;1H. The summed E-state index contributed by atoms with van der Waals surface area (Å²) in [4.78, 5) is 0. The van der Waals surface area contributed by atoms with Gasteiger partial charge in [-0.15, -0.1) is 12.4 Å². The van der Waals surface area contributed by atoms with E-state index >= 15 is 0 Å². The molecule has 3 rings (SSSR count). The van der Waals surface area contributed by atoms with E-state index in [9.17, 15) is 0 Å². The molecule has 1 aromatic carbocycles. The van der Waals surface area contributed by atoms with Gasteiger partial charge in [0.25, 0.3) is 0 Å². The third-order valence-electron chi connectivity index (χ3n) is 8.79. The molecule has 0 radical (unpaired) electrons. The van der Waals surface area contributed by atoms with Gasteiger partial charge in [0.2, 0.25) is 0 Å². The van der Waals surface area contributed by atoms with E-state index in [-0.39, 0.29) is 12.4 Å². The van der Waals surface area contributed by atoms with Crippen LogP contribution < -0.4 is 31.9 Å². The molecule has 0 atom stereocenters. The molecule has 0 aliphatic heterocycles. The van der Waals surface area contributed by atoms with Gasteiger partial charge in [0, 0.05) is 13.1 Å². The fourth-order valence-corrected chi connectivity index (χ4v) is 6.31. The zero-order valence-electron chi connectivity index (χ0n) is 26.3. The Kier molecular flexibility index (Phi) is 22.9. The van der Waals surface area contributed by atoms with E-state index in [1.54, 1.807) is 0 Å². The van der Waals surface area contributed by atoms with Gasteiger partial charge in [-0.3, -0.25) is 0 Å². The second kappa shape index (κ2) is 25.7. The smallest absolute Gasteiger partial charge is 0.0205 e. The minimum absolute atomic E-state index is 0. The van der Waals surface area contributed by atoms with Crippen molar-refractivity contribution in [1.29, 1.82) is 0 Å². The van der Waals surface area contributed by atoms with Gasteiger partial charge in [0.05, 0.1) is 0 Å². The maximum Gasteiger partial charge on any atom is 0.0205 e. The van der Waals surface area contributed by atoms with Crippen LogP contribution in [-0.4, -0.2) is 65.4 Å². The Morgan fingerprint density at radius 2 is 0.829 bits per heavy atom. The SMILES string of the molecule is Cl.c1cc(CNCCCNCCCNCC2CCCCC2)cc(CNCCCNCCCNCC2CCCCC2)c1. The van der Waals surface area contributed by atoms with E-state index in [2.05, 4.69) is 56.2 Å². The first-order valence-corrected chi connectivity index (χ1v) is 17.2. The van der Waals surface area contributed by atoms with E-state index in [1.807, 2.05) is 0 Å². The summed E-state index contributed by atoms with van der Waals surface area (Å²) in [6, 6.07) is 9.02. The van der Waals surface area contributed by atoms with Gasteiger partial charge in [-0.25, -0.2) is 0 Å². The predicted molar refractivity (Wildman–Crippen MR) is 180 cm³/mol. The van der Waals surface area contributed by atoms with Crippen LogP contribution in [0.25, 0.3) is 0 Å². The number of nitrogens with one attached hydrogen (secondary N) is 6. The lowest BCUT2D eigenvalue weighted by atomic mass is 9.89. The molecular formula is C34H65ClN6. The van der Waals surface area contributed by atoms with Crippen molar-refractivity contribution in [3.8, 4) is 0 Å². The van der Waals surface area contributed by atoms with Gasteiger partial charge in [-0.05, 0) is 140 Å². The first-order valence-electron chi connectivity index (χ1n) is 17.2. The molecule has 2 fully saturated rings. The van der Waals surface area contributed by atoms with Crippen molar-refractivity contribution in [1.82, 2.24) is 31.9 Å². The maximum atomic E-state index is 3.67. The van der Waals surface area contributed by atoms with Crippen LogP contribution in [0.1, 0.15) is 101 Å². The molecule has 0 unspecified atom stereocenters. The molecule has 0 amide bonds. The number of rotatable bonds is 24. The Labute approximate surface area is 259 Å². The Morgan fingerprint density at radius 3 is 1.24 bits per heavy atom. The predicted octanol–water partition coefficient (Wildman–Crippen LogP) is 5.37. The van der Waals surface area contributed by atoms with Crippen LogP contribution in [0.4, 0.5) is 0 Å². The maximum absolute atomic E-state index is 3.67. The molecule has 2 aliphatic carbocycles. The van der Waals surface area contributed by atoms with Crippen molar-refractivity contribution >= 4 is 12.4 Å². The third kappa shape index (κ3) is 19.2. The summed E-state index contributed by atoms with van der Waals surface area (Å²) >= 11 is 0. The lowest BCUT2D eigenvalue weighted by Crippen LogP contribution is -2.28. The quantitative estimate of drug-likeness (QED) is 0.0907. The van der Waals surface area contributed by atoms with Crippen LogP contribution >= 0.6 is 12.4 Å². The first-order chi connectivity index (χ1) is 19.9. The van der Waals surface area contributed by atoms with E-state index in [1.165, 1.54) is 114 Å². The lowest BCUT2D eigenvalue weighted by molar-refractivity contribution is 0.342. The minimum atomic E-state index is 0. The Balaban J connectivity index is 0.00000588.